The van der Waals surface area contributed by atoms with E-state index in [-0.39, 0.29) is 5.92 Å². The van der Waals surface area contributed by atoms with Crippen molar-refractivity contribution in [3.8, 4) is 0 Å². The molecule has 2 aromatic carbocycles. The van der Waals surface area contributed by atoms with Crippen molar-refractivity contribution < 1.29 is 9.90 Å². The molecular formula is C24H29NO2. The third-order valence-corrected chi connectivity index (χ3v) is 4.79. The first kappa shape index (κ1) is 20.6. The van der Waals surface area contributed by atoms with Crippen molar-refractivity contribution in [3.05, 3.63) is 84.4 Å². The molecule has 0 aliphatic carbocycles. The monoisotopic (exact) mass is 363 g/mol. The highest BCUT2D eigenvalue weighted by Gasteiger charge is 2.26. The maximum absolute atomic E-state index is 12.0. The third-order valence-electron chi connectivity index (χ3n) is 4.79. The highest BCUT2D eigenvalue weighted by atomic mass is 16.4. The van der Waals surface area contributed by atoms with Crippen LogP contribution in [-0.4, -0.2) is 22.8 Å². The second-order valence-electron chi connectivity index (χ2n) is 7.18. The zero-order chi connectivity index (χ0) is 19.6. The van der Waals surface area contributed by atoms with Crippen LogP contribution in [0.5, 0.6) is 0 Å². The molecular weight excluding hydrogens is 334 g/mol. The molecule has 0 heterocycles. The summed E-state index contributed by atoms with van der Waals surface area (Å²) in [5.74, 6) is -0.487. The SMILES string of the molecule is C=CCCC(C)CC(C)C(N=C(c1ccccc1)c1ccccc1)C(=O)O. The normalized spacial score (nSPS) is 14.0. The van der Waals surface area contributed by atoms with E-state index < -0.39 is 12.0 Å². The summed E-state index contributed by atoms with van der Waals surface area (Å²) in [5, 5.41) is 9.85. The summed E-state index contributed by atoms with van der Waals surface area (Å²) in [4.78, 5) is 16.8. The lowest BCUT2D eigenvalue weighted by Crippen LogP contribution is -2.29. The largest absolute Gasteiger partial charge is 0.480 e. The fourth-order valence-electron chi connectivity index (χ4n) is 3.36. The Hall–Kier alpha value is -2.68. The molecule has 0 saturated heterocycles. The van der Waals surface area contributed by atoms with Crippen LogP contribution in [0.4, 0.5) is 0 Å². The van der Waals surface area contributed by atoms with Crippen LogP contribution in [-0.2, 0) is 4.79 Å². The van der Waals surface area contributed by atoms with Crippen LogP contribution in [0.1, 0.15) is 44.2 Å². The molecule has 0 aliphatic heterocycles. The minimum absolute atomic E-state index is 0.0512. The summed E-state index contributed by atoms with van der Waals surface area (Å²) in [5.41, 5.74) is 2.60. The Morgan fingerprint density at radius 3 is 2.00 bits per heavy atom. The standard InChI is InChI=1S/C24H29NO2/c1-4-5-12-18(2)17-19(3)22(24(26)27)25-23(20-13-8-6-9-14-20)21-15-10-7-11-16-21/h4,6-11,13-16,18-19,22H,1,5,12,17H2,2-3H3,(H,26,27). The van der Waals surface area contributed by atoms with Crippen LogP contribution in [0.15, 0.2) is 78.3 Å². The van der Waals surface area contributed by atoms with E-state index in [0.717, 1.165) is 36.1 Å². The second-order valence-corrected chi connectivity index (χ2v) is 7.18. The van der Waals surface area contributed by atoms with Gasteiger partial charge < -0.3 is 5.11 Å². The number of carboxylic acids is 1. The van der Waals surface area contributed by atoms with E-state index in [1.807, 2.05) is 73.7 Å². The Morgan fingerprint density at radius 1 is 1.04 bits per heavy atom. The molecule has 3 heteroatoms. The first-order valence-corrected chi connectivity index (χ1v) is 9.55. The lowest BCUT2D eigenvalue weighted by molar-refractivity contribution is -0.139. The Bertz CT molecular complexity index is 711. The zero-order valence-corrected chi connectivity index (χ0v) is 16.2. The average molecular weight is 364 g/mol. The molecule has 2 aromatic rings. The van der Waals surface area contributed by atoms with Crippen molar-refractivity contribution in [3.63, 3.8) is 0 Å². The molecule has 0 bridgehead atoms. The highest BCUT2D eigenvalue weighted by molar-refractivity contribution is 6.13. The lowest BCUT2D eigenvalue weighted by atomic mass is 9.88. The van der Waals surface area contributed by atoms with E-state index in [1.54, 1.807) is 0 Å². The second kappa shape index (κ2) is 10.5. The molecule has 27 heavy (non-hydrogen) atoms. The van der Waals surface area contributed by atoms with Gasteiger partial charge in [-0.3, -0.25) is 4.99 Å². The van der Waals surface area contributed by atoms with E-state index in [0.29, 0.717) is 5.92 Å². The van der Waals surface area contributed by atoms with Crippen molar-refractivity contribution in [2.45, 2.75) is 39.2 Å². The lowest BCUT2D eigenvalue weighted by Gasteiger charge is -2.22. The van der Waals surface area contributed by atoms with E-state index in [2.05, 4.69) is 13.5 Å². The van der Waals surface area contributed by atoms with Gasteiger partial charge >= 0.3 is 5.97 Å². The minimum atomic E-state index is -0.872. The predicted molar refractivity (Wildman–Crippen MR) is 112 cm³/mol. The molecule has 0 saturated carbocycles. The van der Waals surface area contributed by atoms with Crippen LogP contribution in [0.3, 0.4) is 0 Å². The Balaban J connectivity index is 2.35. The molecule has 2 rings (SSSR count). The van der Waals surface area contributed by atoms with Gasteiger partial charge in [0.05, 0.1) is 5.71 Å². The van der Waals surface area contributed by atoms with E-state index >= 15 is 0 Å². The predicted octanol–water partition coefficient (Wildman–Crippen LogP) is 5.61. The van der Waals surface area contributed by atoms with Crippen LogP contribution in [0.25, 0.3) is 0 Å². The van der Waals surface area contributed by atoms with Crippen molar-refractivity contribution in [2.24, 2.45) is 16.8 Å². The minimum Gasteiger partial charge on any atom is -0.480 e. The molecule has 3 atom stereocenters. The molecule has 3 unspecified atom stereocenters. The summed E-state index contributed by atoms with van der Waals surface area (Å²) in [7, 11) is 0. The van der Waals surface area contributed by atoms with Gasteiger partial charge in [0.2, 0.25) is 0 Å². The molecule has 3 nitrogen and oxygen atoms in total. The smallest absolute Gasteiger partial charge is 0.328 e. The number of carboxylic acid groups (broad SMARTS) is 1. The van der Waals surface area contributed by atoms with Crippen LogP contribution in [0.2, 0.25) is 0 Å². The third kappa shape index (κ3) is 6.21. The van der Waals surface area contributed by atoms with E-state index in [1.165, 1.54) is 0 Å². The Labute approximate surface area is 162 Å². The number of allylic oxidation sites excluding steroid dienone is 1. The molecule has 0 amide bonds. The molecule has 0 aliphatic rings. The van der Waals surface area contributed by atoms with Gasteiger partial charge in [0.25, 0.3) is 0 Å². The number of nitrogens with zero attached hydrogens (tertiary/aromatic N) is 1. The number of hydrogen-bond donors (Lipinski definition) is 1. The summed E-state index contributed by atoms with van der Waals surface area (Å²) in [6, 6.07) is 18.8. The topological polar surface area (TPSA) is 49.7 Å². The van der Waals surface area contributed by atoms with Gasteiger partial charge in [0, 0.05) is 11.1 Å². The summed E-state index contributed by atoms with van der Waals surface area (Å²) >= 11 is 0. The molecule has 0 radical (unpaired) electrons. The number of rotatable bonds is 10. The molecule has 142 valence electrons. The van der Waals surface area contributed by atoms with Gasteiger partial charge in [-0.15, -0.1) is 6.58 Å². The number of carbonyl (C=O) groups is 1. The molecule has 0 fully saturated rings. The van der Waals surface area contributed by atoms with Gasteiger partial charge in [-0.1, -0.05) is 80.6 Å². The summed E-state index contributed by atoms with van der Waals surface area (Å²) < 4.78 is 0. The van der Waals surface area contributed by atoms with Crippen molar-refractivity contribution >= 4 is 11.7 Å². The van der Waals surface area contributed by atoms with E-state index in [9.17, 15) is 9.90 Å². The maximum Gasteiger partial charge on any atom is 0.328 e. The quantitative estimate of drug-likeness (QED) is 0.441. The number of benzene rings is 2. The van der Waals surface area contributed by atoms with Gasteiger partial charge in [-0.05, 0) is 31.1 Å². The highest BCUT2D eigenvalue weighted by Crippen LogP contribution is 2.23. The van der Waals surface area contributed by atoms with Crippen LogP contribution >= 0.6 is 0 Å². The summed E-state index contributed by atoms with van der Waals surface area (Å²) in [6.07, 6.45) is 4.71. The maximum atomic E-state index is 12.0. The zero-order valence-electron chi connectivity index (χ0n) is 16.2. The molecule has 0 aromatic heterocycles. The number of aliphatic imine (C=N–C) groups is 1. The molecule has 1 N–H and O–H groups in total. The van der Waals surface area contributed by atoms with Gasteiger partial charge in [-0.25, -0.2) is 4.79 Å². The molecule has 0 spiro atoms. The first-order valence-electron chi connectivity index (χ1n) is 9.55. The van der Waals surface area contributed by atoms with Gasteiger partial charge in [-0.2, -0.15) is 0 Å². The van der Waals surface area contributed by atoms with E-state index in [4.69, 9.17) is 4.99 Å². The fourth-order valence-corrected chi connectivity index (χ4v) is 3.36. The fraction of sp³-hybridized carbons (Fsp3) is 0.333. The van der Waals surface area contributed by atoms with Gasteiger partial charge in [0.15, 0.2) is 6.04 Å². The average Bonchev–Trinajstić information content (AvgIpc) is 2.68. The first-order chi connectivity index (χ1) is 13.0. The summed E-state index contributed by atoms with van der Waals surface area (Å²) in [6.45, 7) is 7.92. The number of aliphatic carboxylic acids is 1. The van der Waals surface area contributed by atoms with Crippen molar-refractivity contribution in [1.82, 2.24) is 0 Å². The van der Waals surface area contributed by atoms with Crippen LogP contribution in [0, 0.1) is 11.8 Å². The van der Waals surface area contributed by atoms with Crippen LogP contribution < -0.4 is 0 Å². The Kier molecular flexibility index (Phi) is 8.00. The Morgan fingerprint density at radius 2 is 1.56 bits per heavy atom. The van der Waals surface area contributed by atoms with Crippen molar-refractivity contribution in [2.75, 3.05) is 0 Å². The van der Waals surface area contributed by atoms with Gasteiger partial charge in [0.1, 0.15) is 0 Å². The number of hydrogen-bond acceptors (Lipinski definition) is 2. The van der Waals surface area contributed by atoms with Crippen molar-refractivity contribution in [1.29, 1.82) is 0 Å².